The Labute approximate surface area is 195 Å². The molecule has 1 saturated carbocycles. The quantitative estimate of drug-likeness (QED) is 0.562. The number of thioether (sulfide) groups is 1. The summed E-state index contributed by atoms with van der Waals surface area (Å²) < 4.78 is 13.1. The Hall–Kier alpha value is -2.34. The molecule has 172 valence electrons. The van der Waals surface area contributed by atoms with E-state index in [0.717, 1.165) is 42.4 Å². The first-order chi connectivity index (χ1) is 15.4. The van der Waals surface area contributed by atoms with E-state index in [1.807, 2.05) is 32.0 Å². The number of rotatable bonds is 9. The third kappa shape index (κ3) is 7.37. The van der Waals surface area contributed by atoms with Crippen LogP contribution in [0.5, 0.6) is 0 Å². The lowest BCUT2D eigenvalue weighted by molar-refractivity contribution is -0.139. The third-order valence-electron chi connectivity index (χ3n) is 5.96. The third-order valence-corrected chi connectivity index (χ3v) is 6.95. The second-order valence-corrected chi connectivity index (χ2v) is 9.64. The molecule has 0 spiro atoms. The van der Waals surface area contributed by atoms with E-state index in [1.165, 1.54) is 30.3 Å². The van der Waals surface area contributed by atoms with Crippen molar-refractivity contribution in [3.63, 3.8) is 0 Å². The van der Waals surface area contributed by atoms with Crippen LogP contribution in [0.25, 0.3) is 0 Å². The zero-order valence-electron chi connectivity index (χ0n) is 19.0. The maximum Gasteiger partial charge on any atom is 0.242 e. The first kappa shape index (κ1) is 24.3. The Balaban J connectivity index is 1.64. The largest absolute Gasteiger partial charge is 0.352 e. The highest BCUT2D eigenvalue weighted by Gasteiger charge is 2.28. The van der Waals surface area contributed by atoms with Gasteiger partial charge in [-0.2, -0.15) is 0 Å². The molecule has 2 aromatic rings. The Morgan fingerprint density at radius 2 is 1.81 bits per heavy atom. The van der Waals surface area contributed by atoms with Crippen LogP contribution in [0.3, 0.4) is 0 Å². The number of benzene rings is 2. The fraction of sp³-hybridized carbons (Fsp3) is 0.462. The molecule has 2 amide bonds. The average Bonchev–Trinajstić information content (AvgIpc) is 2.79. The van der Waals surface area contributed by atoms with Gasteiger partial charge >= 0.3 is 0 Å². The van der Waals surface area contributed by atoms with Gasteiger partial charge in [-0.3, -0.25) is 9.59 Å². The summed E-state index contributed by atoms with van der Waals surface area (Å²) in [4.78, 5) is 27.9. The second kappa shape index (κ2) is 12.0. The van der Waals surface area contributed by atoms with Crippen LogP contribution in [0, 0.1) is 12.7 Å². The van der Waals surface area contributed by atoms with E-state index in [4.69, 9.17) is 0 Å². The van der Waals surface area contributed by atoms with Crippen molar-refractivity contribution in [2.24, 2.45) is 0 Å². The summed E-state index contributed by atoms with van der Waals surface area (Å²) in [6.45, 7) is 4.24. The molecule has 1 aliphatic rings. The molecule has 3 rings (SSSR count). The van der Waals surface area contributed by atoms with E-state index in [0.29, 0.717) is 12.3 Å². The van der Waals surface area contributed by atoms with Gasteiger partial charge in [-0.1, -0.05) is 61.2 Å². The van der Waals surface area contributed by atoms with E-state index in [-0.39, 0.29) is 29.4 Å². The Morgan fingerprint density at radius 3 is 2.50 bits per heavy atom. The smallest absolute Gasteiger partial charge is 0.242 e. The van der Waals surface area contributed by atoms with Crippen LogP contribution in [0.1, 0.15) is 55.7 Å². The number of amides is 2. The summed E-state index contributed by atoms with van der Waals surface area (Å²) in [6, 6.07) is 14.0. The van der Waals surface area contributed by atoms with Crippen molar-refractivity contribution in [2.75, 3.05) is 5.75 Å². The number of nitrogens with one attached hydrogen (secondary N) is 1. The zero-order valence-corrected chi connectivity index (χ0v) is 19.8. The van der Waals surface area contributed by atoms with Crippen LogP contribution in [0.4, 0.5) is 4.39 Å². The first-order valence-corrected chi connectivity index (χ1v) is 12.6. The molecule has 2 aromatic carbocycles. The fourth-order valence-electron chi connectivity index (χ4n) is 4.08. The number of nitrogens with zero attached hydrogens (tertiary/aromatic N) is 1. The predicted octanol–water partition coefficient (Wildman–Crippen LogP) is 5.23. The second-order valence-electron chi connectivity index (χ2n) is 8.65. The molecule has 6 heteroatoms. The van der Waals surface area contributed by atoms with E-state index < -0.39 is 6.04 Å². The van der Waals surface area contributed by atoms with Gasteiger partial charge in [0.05, 0.1) is 5.75 Å². The Bertz CT molecular complexity index is 897. The normalized spacial score (nSPS) is 15.2. The van der Waals surface area contributed by atoms with Crippen molar-refractivity contribution in [1.29, 1.82) is 0 Å². The molecule has 1 aliphatic carbocycles. The van der Waals surface area contributed by atoms with E-state index >= 15 is 0 Å². The van der Waals surface area contributed by atoms with Crippen LogP contribution in [-0.4, -0.2) is 34.6 Å². The first-order valence-electron chi connectivity index (χ1n) is 11.4. The molecule has 0 aromatic heterocycles. The van der Waals surface area contributed by atoms with Gasteiger partial charge in [0, 0.05) is 18.3 Å². The van der Waals surface area contributed by atoms with Crippen molar-refractivity contribution in [3.8, 4) is 0 Å². The van der Waals surface area contributed by atoms with Gasteiger partial charge in [0.1, 0.15) is 11.9 Å². The topological polar surface area (TPSA) is 49.4 Å². The highest BCUT2D eigenvalue weighted by molar-refractivity contribution is 7.99. The lowest BCUT2D eigenvalue weighted by atomic mass is 9.95. The zero-order chi connectivity index (χ0) is 22.9. The monoisotopic (exact) mass is 456 g/mol. The summed E-state index contributed by atoms with van der Waals surface area (Å²) in [5.41, 5.74) is 3.11. The fourth-order valence-corrected chi connectivity index (χ4v) is 4.95. The number of hydrogen-bond donors (Lipinski definition) is 1. The molecule has 0 aliphatic heterocycles. The van der Waals surface area contributed by atoms with Gasteiger partial charge in [-0.15, -0.1) is 11.8 Å². The Morgan fingerprint density at radius 1 is 1.09 bits per heavy atom. The SMILES string of the molecule is Cc1cccc(CN(C(=O)CSCc2ccc(F)cc2)C(C)C(=O)NC2CCCCC2)c1. The standard InChI is InChI=1S/C26H33FN2O2S/c1-19-7-6-8-22(15-19)16-29(20(2)26(31)28-24-9-4-3-5-10-24)25(30)18-32-17-21-11-13-23(27)14-12-21/h6-8,11-15,20,24H,3-5,9-10,16-18H2,1-2H3,(H,28,31). The Kier molecular flexibility index (Phi) is 9.15. The number of aryl methyl sites for hydroxylation is 1. The molecule has 0 heterocycles. The molecular formula is C26H33FN2O2S. The van der Waals surface area contributed by atoms with Crippen LogP contribution < -0.4 is 5.32 Å². The lowest BCUT2D eigenvalue weighted by Gasteiger charge is -2.31. The molecule has 0 bridgehead atoms. The van der Waals surface area contributed by atoms with E-state index in [9.17, 15) is 14.0 Å². The van der Waals surface area contributed by atoms with E-state index in [1.54, 1.807) is 17.0 Å². The predicted molar refractivity (Wildman–Crippen MR) is 129 cm³/mol. The molecule has 1 unspecified atom stereocenters. The average molecular weight is 457 g/mol. The van der Waals surface area contributed by atoms with E-state index in [2.05, 4.69) is 11.4 Å². The number of carbonyl (C=O) groups excluding carboxylic acids is 2. The molecule has 1 atom stereocenters. The molecule has 32 heavy (non-hydrogen) atoms. The van der Waals surface area contributed by atoms with Gasteiger partial charge in [0.2, 0.25) is 11.8 Å². The molecular weight excluding hydrogens is 423 g/mol. The van der Waals surface area contributed by atoms with Crippen LogP contribution in [0.15, 0.2) is 48.5 Å². The van der Waals surface area contributed by atoms with Crippen LogP contribution >= 0.6 is 11.8 Å². The van der Waals surface area contributed by atoms with Crippen LogP contribution in [0.2, 0.25) is 0 Å². The van der Waals surface area contributed by atoms with Crippen LogP contribution in [-0.2, 0) is 21.9 Å². The van der Waals surface area contributed by atoms with Gasteiger partial charge in [-0.25, -0.2) is 4.39 Å². The van der Waals surface area contributed by atoms with Gasteiger partial charge < -0.3 is 10.2 Å². The minimum absolute atomic E-state index is 0.0649. The minimum atomic E-state index is -0.545. The summed E-state index contributed by atoms with van der Waals surface area (Å²) in [5.74, 6) is 0.473. The number of carbonyl (C=O) groups is 2. The highest BCUT2D eigenvalue weighted by atomic mass is 32.2. The number of halogens is 1. The van der Waals surface area contributed by atoms with Crippen molar-refractivity contribution >= 4 is 23.6 Å². The van der Waals surface area contributed by atoms with Crippen molar-refractivity contribution < 1.29 is 14.0 Å². The molecule has 0 saturated heterocycles. The molecule has 4 nitrogen and oxygen atoms in total. The van der Waals surface area contributed by atoms with Crippen molar-refractivity contribution in [1.82, 2.24) is 10.2 Å². The molecule has 1 fully saturated rings. The summed E-state index contributed by atoms with van der Waals surface area (Å²) in [5, 5.41) is 3.16. The van der Waals surface area contributed by atoms with Gasteiger partial charge in [-0.05, 0) is 49.9 Å². The minimum Gasteiger partial charge on any atom is -0.352 e. The van der Waals surface area contributed by atoms with Gasteiger partial charge in [0.15, 0.2) is 0 Å². The lowest BCUT2D eigenvalue weighted by Crippen LogP contribution is -2.50. The number of hydrogen-bond acceptors (Lipinski definition) is 3. The summed E-state index contributed by atoms with van der Waals surface area (Å²) >= 11 is 1.48. The maximum atomic E-state index is 13.2. The maximum absolute atomic E-state index is 13.2. The summed E-state index contributed by atoms with van der Waals surface area (Å²) in [7, 11) is 0. The molecule has 1 N–H and O–H groups in total. The van der Waals surface area contributed by atoms with Crippen molar-refractivity contribution in [3.05, 3.63) is 71.0 Å². The summed E-state index contributed by atoms with van der Waals surface area (Å²) in [6.07, 6.45) is 5.54. The van der Waals surface area contributed by atoms with Crippen molar-refractivity contribution in [2.45, 2.75) is 70.3 Å². The highest BCUT2D eigenvalue weighted by Crippen LogP contribution is 2.19. The molecule has 0 radical (unpaired) electrons. The van der Waals surface area contributed by atoms with Gasteiger partial charge in [0.25, 0.3) is 0 Å².